The number of carbonyl (C=O) groups excluding carboxylic acids is 1. The highest BCUT2D eigenvalue weighted by atomic mass is 32.1. The van der Waals surface area contributed by atoms with Crippen molar-refractivity contribution < 1.29 is 4.79 Å². The fourth-order valence-corrected chi connectivity index (χ4v) is 4.28. The highest BCUT2D eigenvalue weighted by molar-refractivity contribution is 7.17. The highest BCUT2D eigenvalue weighted by Crippen LogP contribution is 2.47. The van der Waals surface area contributed by atoms with Crippen LogP contribution >= 0.6 is 11.3 Å². The number of carbonyl (C=O) groups is 1. The largest absolute Gasteiger partial charge is 0.363 e. The van der Waals surface area contributed by atoms with E-state index in [1.807, 2.05) is 6.07 Å². The molecule has 2 heterocycles. The number of aldehydes is 1. The zero-order valence-electron chi connectivity index (χ0n) is 10.2. The predicted octanol–water partition coefficient (Wildman–Crippen LogP) is 3.72. The van der Waals surface area contributed by atoms with Gasteiger partial charge in [-0.1, -0.05) is 12.8 Å². The molecule has 1 spiro atoms. The van der Waals surface area contributed by atoms with Crippen molar-refractivity contribution in [1.29, 1.82) is 0 Å². The number of hydrogen-bond donors (Lipinski definition) is 0. The van der Waals surface area contributed by atoms with Crippen molar-refractivity contribution >= 4 is 22.6 Å². The highest BCUT2D eigenvalue weighted by Gasteiger charge is 2.37. The Morgan fingerprint density at radius 2 is 1.82 bits per heavy atom. The monoisotopic (exact) mass is 249 g/mol. The van der Waals surface area contributed by atoms with Gasteiger partial charge in [0.05, 0.1) is 9.88 Å². The minimum Gasteiger partial charge on any atom is -0.363 e. The van der Waals surface area contributed by atoms with Gasteiger partial charge in [0.25, 0.3) is 0 Å². The summed E-state index contributed by atoms with van der Waals surface area (Å²) in [6.07, 6.45) is 9.43. The lowest BCUT2D eigenvalue weighted by molar-refractivity contribution is 0.112. The molecule has 3 rings (SSSR count). The van der Waals surface area contributed by atoms with Crippen LogP contribution in [-0.4, -0.2) is 19.4 Å². The van der Waals surface area contributed by atoms with Gasteiger partial charge in [0.1, 0.15) is 0 Å². The van der Waals surface area contributed by atoms with Crippen LogP contribution in [0.4, 0.5) is 5.00 Å². The topological polar surface area (TPSA) is 20.3 Å². The summed E-state index contributed by atoms with van der Waals surface area (Å²) < 4.78 is 0. The van der Waals surface area contributed by atoms with Crippen molar-refractivity contribution in [2.24, 2.45) is 5.41 Å². The summed E-state index contributed by atoms with van der Waals surface area (Å²) in [5.74, 6) is 0. The fraction of sp³-hybridized carbons (Fsp3) is 0.643. The molecule has 0 radical (unpaired) electrons. The normalized spacial score (nSPS) is 23.2. The van der Waals surface area contributed by atoms with Crippen LogP contribution in [0.2, 0.25) is 0 Å². The second kappa shape index (κ2) is 4.45. The van der Waals surface area contributed by atoms with E-state index in [1.54, 1.807) is 11.3 Å². The summed E-state index contributed by atoms with van der Waals surface area (Å²) >= 11 is 1.63. The lowest BCUT2D eigenvalue weighted by Crippen LogP contribution is -2.38. The van der Waals surface area contributed by atoms with E-state index in [-0.39, 0.29) is 0 Å². The first-order valence-corrected chi connectivity index (χ1v) is 7.43. The number of piperidine rings is 1. The van der Waals surface area contributed by atoms with E-state index in [2.05, 4.69) is 11.0 Å². The van der Waals surface area contributed by atoms with Gasteiger partial charge in [-0.15, -0.1) is 11.3 Å². The average molecular weight is 249 g/mol. The van der Waals surface area contributed by atoms with Gasteiger partial charge in [-0.3, -0.25) is 4.79 Å². The number of thiophene rings is 1. The molecule has 0 N–H and O–H groups in total. The van der Waals surface area contributed by atoms with Crippen molar-refractivity contribution in [2.45, 2.75) is 38.5 Å². The molecule has 0 unspecified atom stereocenters. The van der Waals surface area contributed by atoms with E-state index in [9.17, 15) is 4.79 Å². The maximum Gasteiger partial charge on any atom is 0.160 e. The molecule has 17 heavy (non-hydrogen) atoms. The van der Waals surface area contributed by atoms with Crippen molar-refractivity contribution in [3.8, 4) is 0 Å². The van der Waals surface area contributed by atoms with Gasteiger partial charge in [0, 0.05) is 13.1 Å². The average Bonchev–Trinajstić information content (AvgIpc) is 3.00. The number of anilines is 1. The Bertz CT molecular complexity index is 396. The Labute approximate surface area is 107 Å². The molecule has 1 aromatic rings. The Balaban J connectivity index is 1.66. The molecule has 3 heteroatoms. The standard InChI is InChI=1S/C14H19NOS/c16-11-12-3-4-13(17-12)15-9-7-14(8-10-15)5-1-2-6-14/h3-4,11H,1-2,5-10H2. The van der Waals surface area contributed by atoms with E-state index in [0.29, 0.717) is 5.41 Å². The molecular weight excluding hydrogens is 230 g/mol. The molecule has 1 aliphatic carbocycles. The quantitative estimate of drug-likeness (QED) is 0.744. The van der Waals surface area contributed by atoms with Crippen LogP contribution in [0, 0.1) is 5.41 Å². The lowest BCUT2D eigenvalue weighted by atomic mass is 9.77. The van der Waals surface area contributed by atoms with Crippen LogP contribution in [0.25, 0.3) is 0 Å². The van der Waals surface area contributed by atoms with E-state index in [4.69, 9.17) is 0 Å². The zero-order valence-corrected chi connectivity index (χ0v) is 11.0. The van der Waals surface area contributed by atoms with Crippen LogP contribution in [-0.2, 0) is 0 Å². The molecule has 2 nitrogen and oxygen atoms in total. The summed E-state index contributed by atoms with van der Waals surface area (Å²) in [6, 6.07) is 4.04. The second-order valence-corrected chi connectivity index (χ2v) is 6.58. The molecule has 0 amide bonds. The Morgan fingerprint density at radius 1 is 1.12 bits per heavy atom. The van der Waals surface area contributed by atoms with E-state index >= 15 is 0 Å². The van der Waals surface area contributed by atoms with Gasteiger partial charge in [0.2, 0.25) is 0 Å². The third-order valence-electron chi connectivity index (χ3n) is 4.53. The van der Waals surface area contributed by atoms with Gasteiger partial charge < -0.3 is 4.90 Å². The van der Waals surface area contributed by atoms with Crippen LogP contribution in [0.15, 0.2) is 12.1 Å². The van der Waals surface area contributed by atoms with Crippen LogP contribution in [0.3, 0.4) is 0 Å². The van der Waals surface area contributed by atoms with Crippen molar-refractivity contribution in [3.63, 3.8) is 0 Å². The first-order chi connectivity index (χ1) is 8.31. The molecule has 1 saturated heterocycles. The van der Waals surface area contributed by atoms with Gasteiger partial charge in [-0.05, 0) is 43.2 Å². The Kier molecular flexibility index (Phi) is 2.95. The maximum atomic E-state index is 10.7. The van der Waals surface area contributed by atoms with Gasteiger partial charge in [-0.25, -0.2) is 0 Å². The fourth-order valence-electron chi connectivity index (χ4n) is 3.40. The van der Waals surface area contributed by atoms with E-state index < -0.39 is 0 Å². The smallest absolute Gasteiger partial charge is 0.160 e. The van der Waals surface area contributed by atoms with Gasteiger partial charge in [-0.2, -0.15) is 0 Å². The molecule has 0 aromatic carbocycles. The SMILES string of the molecule is O=Cc1ccc(N2CCC3(CCCC3)CC2)s1. The Morgan fingerprint density at radius 3 is 2.41 bits per heavy atom. The maximum absolute atomic E-state index is 10.7. The zero-order chi connectivity index (χ0) is 11.7. The summed E-state index contributed by atoms with van der Waals surface area (Å²) in [6.45, 7) is 2.36. The molecule has 1 aliphatic heterocycles. The first-order valence-electron chi connectivity index (χ1n) is 6.61. The van der Waals surface area contributed by atoms with Crippen molar-refractivity contribution in [1.82, 2.24) is 0 Å². The molecule has 2 fully saturated rings. The van der Waals surface area contributed by atoms with Gasteiger partial charge >= 0.3 is 0 Å². The minimum atomic E-state index is 0.682. The number of rotatable bonds is 2. The summed E-state index contributed by atoms with van der Waals surface area (Å²) in [4.78, 5) is 14.0. The third-order valence-corrected chi connectivity index (χ3v) is 5.60. The van der Waals surface area contributed by atoms with Crippen LogP contribution in [0.1, 0.15) is 48.2 Å². The Hall–Kier alpha value is -0.830. The molecule has 0 atom stereocenters. The van der Waals surface area contributed by atoms with Crippen molar-refractivity contribution in [3.05, 3.63) is 17.0 Å². The van der Waals surface area contributed by atoms with E-state index in [0.717, 1.165) is 11.2 Å². The molecule has 2 aliphatic rings. The summed E-state index contributed by atoms with van der Waals surface area (Å²) in [5.41, 5.74) is 0.682. The first kappa shape index (κ1) is 11.3. The number of hydrogen-bond acceptors (Lipinski definition) is 3. The van der Waals surface area contributed by atoms with Crippen LogP contribution < -0.4 is 4.90 Å². The second-order valence-electron chi connectivity index (χ2n) is 5.49. The van der Waals surface area contributed by atoms with E-state index in [1.165, 1.54) is 56.6 Å². The predicted molar refractivity (Wildman–Crippen MR) is 72.1 cm³/mol. The summed E-state index contributed by atoms with van der Waals surface area (Å²) in [7, 11) is 0. The minimum absolute atomic E-state index is 0.682. The molecule has 1 saturated carbocycles. The molecule has 1 aromatic heterocycles. The summed E-state index contributed by atoms with van der Waals surface area (Å²) in [5, 5.41) is 1.28. The van der Waals surface area contributed by atoms with Gasteiger partial charge in [0.15, 0.2) is 6.29 Å². The lowest BCUT2D eigenvalue weighted by Gasteiger charge is -2.39. The molecule has 0 bridgehead atoms. The molecular formula is C14H19NOS. The van der Waals surface area contributed by atoms with Crippen LogP contribution in [0.5, 0.6) is 0 Å². The molecule has 92 valence electrons. The third kappa shape index (κ3) is 2.13. The number of nitrogens with zero attached hydrogens (tertiary/aromatic N) is 1. The van der Waals surface area contributed by atoms with Crippen molar-refractivity contribution in [2.75, 3.05) is 18.0 Å².